The first-order valence-corrected chi connectivity index (χ1v) is 12.7. The molecule has 2 aromatic rings. The largest absolute Gasteiger partial charge is 0.495 e. The number of rotatable bonds is 6. The molecule has 1 aromatic carbocycles. The molecule has 1 saturated heterocycles. The van der Waals surface area contributed by atoms with E-state index in [1.165, 1.54) is 11.2 Å². The first-order chi connectivity index (χ1) is 16.7. The highest BCUT2D eigenvalue weighted by Crippen LogP contribution is 2.37. The zero-order valence-electron chi connectivity index (χ0n) is 23.1. The predicted molar refractivity (Wildman–Crippen MR) is 143 cm³/mol. The monoisotopic (exact) mass is 493 g/mol. The standard InChI is InChI=1S/C28H40BN3O4/c1-10-13-23(26(3,4)5)32(25(34)20-14-12-17-30-18-20)31-24(33)21-15-11-16-22(19(21)2)29-35-27(6,7)28(8,9)36-29/h11-12,14-18,23H,10,13H2,1-9H3,(H,31,33). The lowest BCUT2D eigenvalue weighted by Crippen LogP contribution is -2.56. The summed E-state index contributed by atoms with van der Waals surface area (Å²) in [4.78, 5) is 31.4. The lowest BCUT2D eigenvalue weighted by Gasteiger charge is -2.40. The molecule has 1 N–H and O–H groups in total. The molecule has 8 heteroatoms. The van der Waals surface area contributed by atoms with Crippen LogP contribution in [0.5, 0.6) is 0 Å². The molecule has 0 aliphatic carbocycles. The molecule has 2 heterocycles. The first kappa shape index (κ1) is 27.9. The van der Waals surface area contributed by atoms with E-state index in [4.69, 9.17) is 9.31 Å². The number of carbonyl (C=O) groups excluding carboxylic acids is 2. The molecule has 7 nitrogen and oxygen atoms in total. The van der Waals surface area contributed by atoms with Crippen LogP contribution >= 0.6 is 0 Å². The molecule has 1 fully saturated rings. The van der Waals surface area contributed by atoms with Crippen molar-refractivity contribution < 1.29 is 18.9 Å². The molecule has 1 unspecified atom stereocenters. The van der Waals surface area contributed by atoms with Gasteiger partial charge in [0.05, 0.1) is 22.8 Å². The maximum atomic E-state index is 13.7. The fourth-order valence-corrected chi connectivity index (χ4v) is 4.42. The third kappa shape index (κ3) is 5.65. The Hall–Kier alpha value is -2.71. The average molecular weight is 493 g/mol. The van der Waals surface area contributed by atoms with E-state index in [9.17, 15) is 9.59 Å². The van der Waals surface area contributed by atoms with E-state index in [-0.39, 0.29) is 23.3 Å². The number of amides is 2. The molecule has 36 heavy (non-hydrogen) atoms. The van der Waals surface area contributed by atoms with Gasteiger partial charge in [-0.25, -0.2) is 5.01 Å². The van der Waals surface area contributed by atoms with Gasteiger partial charge in [0, 0.05) is 18.0 Å². The second kappa shape index (κ2) is 10.3. The van der Waals surface area contributed by atoms with Gasteiger partial charge in [0.1, 0.15) is 0 Å². The number of pyridine rings is 1. The summed E-state index contributed by atoms with van der Waals surface area (Å²) in [6.07, 6.45) is 4.75. The van der Waals surface area contributed by atoms with E-state index >= 15 is 0 Å². The van der Waals surface area contributed by atoms with Gasteiger partial charge in [-0.05, 0) is 75.7 Å². The van der Waals surface area contributed by atoms with Crippen molar-refractivity contribution in [2.45, 2.75) is 92.4 Å². The molecule has 0 saturated carbocycles. The van der Waals surface area contributed by atoms with E-state index in [0.29, 0.717) is 11.1 Å². The molecule has 3 rings (SSSR count). The number of aromatic nitrogens is 1. The molecule has 1 aliphatic rings. The van der Waals surface area contributed by atoms with Crippen molar-refractivity contribution in [3.8, 4) is 0 Å². The summed E-state index contributed by atoms with van der Waals surface area (Å²) in [7, 11) is -0.585. The molecule has 1 aromatic heterocycles. The van der Waals surface area contributed by atoms with Crippen molar-refractivity contribution in [1.29, 1.82) is 0 Å². The smallest absolute Gasteiger partial charge is 0.399 e. The fraction of sp³-hybridized carbons (Fsp3) is 0.536. The van der Waals surface area contributed by atoms with E-state index < -0.39 is 18.3 Å². The number of hydrazine groups is 1. The van der Waals surface area contributed by atoms with Gasteiger partial charge in [-0.2, -0.15) is 0 Å². The van der Waals surface area contributed by atoms with Gasteiger partial charge >= 0.3 is 7.12 Å². The van der Waals surface area contributed by atoms with Crippen LogP contribution in [0.25, 0.3) is 0 Å². The number of carbonyl (C=O) groups is 2. The normalized spacial score (nSPS) is 17.5. The highest BCUT2D eigenvalue weighted by molar-refractivity contribution is 6.62. The van der Waals surface area contributed by atoms with E-state index in [1.54, 1.807) is 24.4 Å². The van der Waals surface area contributed by atoms with Gasteiger partial charge in [0.2, 0.25) is 0 Å². The predicted octanol–water partition coefficient (Wildman–Crippen LogP) is 4.69. The number of benzene rings is 1. The van der Waals surface area contributed by atoms with Crippen LogP contribution in [-0.2, 0) is 9.31 Å². The molecule has 0 bridgehead atoms. The summed E-state index contributed by atoms with van der Waals surface area (Å²) in [5, 5.41) is 1.49. The first-order valence-electron chi connectivity index (χ1n) is 12.7. The zero-order valence-corrected chi connectivity index (χ0v) is 23.1. The highest BCUT2D eigenvalue weighted by atomic mass is 16.7. The highest BCUT2D eigenvalue weighted by Gasteiger charge is 2.52. The second-order valence-electron chi connectivity index (χ2n) is 11.6. The minimum Gasteiger partial charge on any atom is -0.399 e. The third-order valence-corrected chi connectivity index (χ3v) is 7.35. The summed E-state index contributed by atoms with van der Waals surface area (Å²) in [5.74, 6) is -0.641. The Labute approximate surface area is 216 Å². The van der Waals surface area contributed by atoms with Gasteiger partial charge in [0.25, 0.3) is 11.8 Å². The lowest BCUT2D eigenvalue weighted by molar-refractivity contribution is 0.00578. The Bertz CT molecular complexity index is 1080. The maximum Gasteiger partial charge on any atom is 0.495 e. The summed E-state index contributed by atoms with van der Waals surface area (Å²) < 4.78 is 12.5. The molecule has 0 radical (unpaired) electrons. The molecule has 194 valence electrons. The SMILES string of the molecule is CCCC(N(NC(=O)c1cccc(B2OC(C)(C)C(C)(C)O2)c1C)C(=O)c1cccnc1)C(C)(C)C. The van der Waals surface area contributed by atoms with Gasteiger partial charge < -0.3 is 9.31 Å². The summed E-state index contributed by atoms with van der Waals surface area (Å²) >= 11 is 0. The van der Waals surface area contributed by atoms with Crippen LogP contribution in [0.4, 0.5) is 0 Å². The average Bonchev–Trinajstić information content (AvgIpc) is 3.02. The molecular weight excluding hydrogens is 453 g/mol. The van der Waals surface area contributed by atoms with Gasteiger partial charge in [0.15, 0.2) is 0 Å². The van der Waals surface area contributed by atoms with E-state index in [2.05, 4.69) is 38.1 Å². The number of nitrogens with zero attached hydrogens (tertiary/aromatic N) is 2. The second-order valence-corrected chi connectivity index (χ2v) is 11.6. The number of hydrogen-bond acceptors (Lipinski definition) is 5. The van der Waals surface area contributed by atoms with Crippen molar-refractivity contribution in [1.82, 2.24) is 15.4 Å². The maximum absolute atomic E-state index is 13.7. The van der Waals surface area contributed by atoms with Crippen LogP contribution in [0, 0.1) is 12.3 Å². The molecule has 2 amide bonds. The van der Waals surface area contributed by atoms with Crippen LogP contribution in [0.2, 0.25) is 0 Å². The minimum atomic E-state index is -0.585. The van der Waals surface area contributed by atoms with Crippen LogP contribution in [0.3, 0.4) is 0 Å². The van der Waals surface area contributed by atoms with Crippen molar-refractivity contribution in [2.24, 2.45) is 5.41 Å². The van der Waals surface area contributed by atoms with Crippen LogP contribution < -0.4 is 10.9 Å². The Kier molecular flexibility index (Phi) is 8.01. The summed E-state index contributed by atoms with van der Waals surface area (Å²) in [5.41, 5.74) is 4.15. The Balaban J connectivity index is 1.96. The van der Waals surface area contributed by atoms with Crippen molar-refractivity contribution in [2.75, 3.05) is 0 Å². The summed E-state index contributed by atoms with van der Waals surface area (Å²) in [6.45, 7) is 18.2. The van der Waals surface area contributed by atoms with Crippen LogP contribution in [0.15, 0.2) is 42.7 Å². The number of nitrogens with one attached hydrogen (secondary N) is 1. The fourth-order valence-electron chi connectivity index (χ4n) is 4.42. The van der Waals surface area contributed by atoms with Crippen LogP contribution in [-0.4, -0.2) is 46.2 Å². The van der Waals surface area contributed by atoms with Crippen molar-refractivity contribution in [3.63, 3.8) is 0 Å². The van der Waals surface area contributed by atoms with Gasteiger partial charge in [-0.15, -0.1) is 0 Å². The molecule has 0 spiro atoms. The molecular formula is C28H40BN3O4. The topological polar surface area (TPSA) is 80.8 Å². The third-order valence-electron chi connectivity index (χ3n) is 7.35. The Morgan fingerprint density at radius 2 is 1.72 bits per heavy atom. The van der Waals surface area contributed by atoms with Crippen molar-refractivity contribution in [3.05, 3.63) is 59.4 Å². The Morgan fingerprint density at radius 1 is 1.08 bits per heavy atom. The van der Waals surface area contributed by atoms with Crippen LogP contribution in [0.1, 0.15) is 94.5 Å². The van der Waals surface area contributed by atoms with E-state index in [0.717, 1.165) is 23.9 Å². The van der Waals surface area contributed by atoms with E-state index in [1.807, 2.05) is 46.8 Å². The minimum absolute atomic E-state index is 0.217. The van der Waals surface area contributed by atoms with Crippen molar-refractivity contribution >= 4 is 24.4 Å². The lowest BCUT2D eigenvalue weighted by atomic mass is 9.75. The van der Waals surface area contributed by atoms with Gasteiger partial charge in [-0.3, -0.25) is 20.0 Å². The molecule has 1 aliphatic heterocycles. The zero-order chi connectivity index (χ0) is 26.9. The Morgan fingerprint density at radius 3 is 2.25 bits per heavy atom. The number of hydrogen-bond donors (Lipinski definition) is 1. The van der Waals surface area contributed by atoms with Gasteiger partial charge in [-0.1, -0.05) is 46.2 Å². The quantitative estimate of drug-likeness (QED) is 0.467. The summed E-state index contributed by atoms with van der Waals surface area (Å²) in [6, 6.07) is 8.72. The molecule has 1 atom stereocenters.